The highest BCUT2D eigenvalue weighted by Gasteiger charge is 2.27. The molecule has 0 bridgehead atoms. The molecule has 0 heterocycles. The lowest BCUT2D eigenvalue weighted by atomic mass is 9.92. The molecular weight excluding hydrogens is 351 g/mol. The number of rotatable bonds is 6. The van der Waals surface area contributed by atoms with Gasteiger partial charge < -0.3 is 14.6 Å². The summed E-state index contributed by atoms with van der Waals surface area (Å²) in [7, 11) is 0. The Labute approximate surface area is 150 Å². The van der Waals surface area contributed by atoms with Gasteiger partial charge in [-0.25, -0.2) is 0 Å². The number of hydrogen-bond acceptors (Lipinski definition) is 4. The Balaban J connectivity index is 2.11. The highest BCUT2D eigenvalue weighted by atomic mass is 35.5. The molecule has 128 valence electrons. The van der Waals surface area contributed by atoms with Crippen LogP contribution in [0.3, 0.4) is 0 Å². The number of benzene rings is 2. The Bertz CT molecular complexity index is 711. The van der Waals surface area contributed by atoms with Crippen LogP contribution in [0.4, 0.5) is 0 Å². The Hall–Kier alpha value is -1.75. The summed E-state index contributed by atoms with van der Waals surface area (Å²) in [4.78, 5) is 11.6. The summed E-state index contributed by atoms with van der Waals surface area (Å²) in [6.07, 6.45) is -0.121. The fraction of sp³-hybridized carbons (Fsp3) is 0.278. The molecule has 6 heteroatoms. The van der Waals surface area contributed by atoms with E-state index in [2.05, 4.69) is 0 Å². The van der Waals surface area contributed by atoms with Gasteiger partial charge in [0.15, 0.2) is 0 Å². The molecule has 1 N–H and O–H groups in total. The largest absolute Gasteiger partial charge is 0.466 e. The van der Waals surface area contributed by atoms with Crippen molar-refractivity contribution in [1.82, 2.24) is 0 Å². The zero-order chi connectivity index (χ0) is 17.7. The summed E-state index contributed by atoms with van der Waals surface area (Å²) in [5, 5.41) is 11.4. The molecule has 0 fully saturated rings. The van der Waals surface area contributed by atoms with Crippen molar-refractivity contribution in [3.63, 3.8) is 0 Å². The molecule has 24 heavy (non-hydrogen) atoms. The summed E-state index contributed by atoms with van der Waals surface area (Å²) >= 11 is 11.9. The minimum atomic E-state index is -1.32. The van der Waals surface area contributed by atoms with Crippen molar-refractivity contribution in [2.45, 2.75) is 25.9 Å². The van der Waals surface area contributed by atoms with Gasteiger partial charge in [-0.3, -0.25) is 4.79 Å². The van der Waals surface area contributed by atoms with Gasteiger partial charge in [0.2, 0.25) is 0 Å². The molecule has 0 aromatic heterocycles. The fourth-order valence-electron chi connectivity index (χ4n) is 2.16. The predicted octanol–water partition coefficient (Wildman–Crippen LogP) is 4.95. The Kier molecular flexibility index (Phi) is 6.10. The van der Waals surface area contributed by atoms with Crippen LogP contribution >= 0.6 is 23.2 Å². The highest BCUT2D eigenvalue weighted by Crippen LogP contribution is 2.33. The Morgan fingerprint density at radius 1 is 1.17 bits per heavy atom. The molecule has 2 aromatic rings. The van der Waals surface area contributed by atoms with Crippen LogP contribution in [0.2, 0.25) is 10.0 Å². The first-order chi connectivity index (χ1) is 11.3. The van der Waals surface area contributed by atoms with Crippen LogP contribution in [0.1, 0.15) is 25.8 Å². The third-order valence-corrected chi connectivity index (χ3v) is 3.92. The molecule has 0 amide bonds. The molecule has 0 saturated carbocycles. The number of hydrogen-bond donors (Lipinski definition) is 1. The molecule has 0 aliphatic carbocycles. The van der Waals surface area contributed by atoms with E-state index in [1.54, 1.807) is 56.3 Å². The Morgan fingerprint density at radius 2 is 1.83 bits per heavy atom. The SMILES string of the molecule is CCOC(=O)CC(C)(O)c1ccc(Oc2ccc(Cl)cc2Cl)cc1. The molecule has 1 atom stereocenters. The number of carbonyl (C=O) groups excluding carboxylic acids is 1. The van der Waals surface area contributed by atoms with E-state index in [1.165, 1.54) is 0 Å². The molecule has 1 unspecified atom stereocenters. The van der Waals surface area contributed by atoms with Crippen molar-refractivity contribution in [1.29, 1.82) is 0 Å². The van der Waals surface area contributed by atoms with Crippen LogP contribution < -0.4 is 4.74 Å². The van der Waals surface area contributed by atoms with Crippen molar-refractivity contribution < 1.29 is 19.4 Å². The quantitative estimate of drug-likeness (QED) is 0.733. The van der Waals surface area contributed by atoms with Gasteiger partial charge in [0, 0.05) is 5.02 Å². The molecule has 0 aliphatic heterocycles. The van der Waals surface area contributed by atoms with Crippen molar-refractivity contribution in [2.24, 2.45) is 0 Å². The number of aliphatic hydroxyl groups is 1. The van der Waals surface area contributed by atoms with Crippen LogP contribution in [0.15, 0.2) is 42.5 Å². The first-order valence-electron chi connectivity index (χ1n) is 7.43. The minimum Gasteiger partial charge on any atom is -0.466 e. The molecule has 0 spiro atoms. The lowest BCUT2D eigenvalue weighted by molar-refractivity contribution is -0.148. The molecule has 2 rings (SSSR count). The van der Waals surface area contributed by atoms with E-state index in [-0.39, 0.29) is 13.0 Å². The third-order valence-electron chi connectivity index (χ3n) is 3.39. The molecule has 0 radical (unpaired) electrons. The first kappa shape index (κ1) is 18.6. The van der Waals surface area contributed by atoms with E-state index in [9.17, 15) is 9.90 Å². The average molecular weight is 369 g/mol. The molecule has 4 nitrogen and oxygen atoms in total. The third kappa shape index (κ3) is 4.87. The standard InChI is InChI=1S/C18H18Cl2O4/c1-3-23-17(21)11-18(2,22)12-4-7-14(8-5-12)24-16-9-6-13(19)10-15(16)20/h4-10,22H,3,11H2,1-2H3. The topological polar surface area (TPSA) is 55.8 Å². The predicted molar refractivity (Wildman–Crippen MR) is 93.8 cm³/mol. The van der Waals surface area contributed by atoms with Crippen molar-refractivity contribution in [3.05, 3.63) is 58.1 Å². The van der Waals surface area contributed by atoms with Gasteiger partial charge in [-0.2, -0.15) is 0 Å². The van der Waals surface area contributed by atoms with E-state index >= 15 is 0 Å². The van der Waals surface area contributed by atoms with Gasteiger partial charge >= 0.3 is 5.97 Å². The van der Waals surface area contributed by atoms with Gasteiger partial charge in [0.05, 0.1) is 23.7 Å². The second-order valence-electron chi connectivity index (χ2n) is 5.46. The smallest absolute Gasteiger partial charge is 0.309 e. The number of carbonyl (C=O) groups is 1. The number of halogens is 2. The second-order valence-corrected chi connectivity index (χ2v) is 6.30. The van der Waals surface area contributed by atoms with E-state index in [1.807, 2.05) is 0 Å². The van der Waals surface area contributed by atoms with E-state index in [0.717, 1.165) is 0 Å². The maximum Gasteiger partial charge on any atom is 0.309 e. The molecule has 0 aliphatic rings. The Morgan fingerprint density at radius 3 is 2.42 bits per heavy atom. The zero-order valence-electron chi connectivity index (χ0n) is 13.4. The van der Waals surface area contributed by atoms with Crippen LogP contribution in [-0.2, 0) is 15.1 Å². The monoisotopic (exact) mass is 368 g/mol. The van der Waals surface area contributed by atoms with Crippen molar-refractivity contribution in [2.75, 3.05) is 6.61 Å². The average Bonchev–Trinajstić information content (AvgIpc) is 2.50. The van der Waals surface area contributed by atoms with Gasteiger partial charge in [0.1, 0.15) is 11.5 Å². The van der Waals surface area contributed by atoms with Gasteiger partial charge in [-0.1, -0.05) is 35.3 Å². The van der Waals surface area contributed by atoms with E-state index < -0.39 is 11.6 Å². The van der Waals surface area contributed by atoms with Crippen molar-refractivity contribution in [3.8, 4) is 11.5 Å². The molecule has 2 aromatic carbocycles. The number of esters is 1. The molecule has 0 saturated heterocycles. The van der Waals surface area contributed by atoms with Crippen LogP contribution in [0, 0.1) is 0 Å². The minimum absolute atomic E-state index is 0.121. The fourth-order valence-corrected chi connectivity index (χ4v) is 2.61. The summed E-state index contributed by atoms with van der Waals surface area (Å²) in [6.45, 7) is 3.57. The van der Waals surface area contributed by atoms with Crippen LogP contribution in [0.5, 0.6) is 11.5 Å². The molecular formula is C18H18Cl2O4. The van der Waals surface area contributed by atoms with Gasteiger partial charge in [0.25, 0.3) is 0 Å². The zero-order valence-corrected chi connectivity index (χ0v) is 14.9. The summed E-state index contributed by atoms with van der Waals surface area (Å²) in [5.74, 6) is 0.581. The lowest BCUT2D eigenvalue weighted by Gasteiger charge is -2.23. The van der Waals surface area contributed by atoms with Crippen molar-refractivity contribution >= 4 is 29.2 Å². The van der Waals surface area contributed by atoms with E-state index in [0.29, 0.717) is 27.1 Å². The normalized spacial score (nSPS) is 13.2. The number of ether oxygens (including phenoxy) is 2. The summed E-state index contributed by atoms with van der Waals surface area (Å²) < 4.78 is 10.6. The van der Waals surface area contributed by atoms with Crippen LogP contribution in [0.25, 0.3) is 0 Å². The highest BCUT2D eigenvalue weighted by molar-refractivity contribution is 6.35. The van der Waals surface area contributed by atoms with Crippen LogP contribution in [-0.4, -0.2) is 17.7 Å². The second kappa shape index (κ2) is 7.88. The summed E-state index contributed by atoms with van der Waals surface area (Å²) in [6, 6.07) is 11.7. The lowest BCUT2D eigenvalue weighted by Crippen LogP contribution is -2.26. The van der Waals surface area contributed by atoms with Gasteiger partial charge in [-0.15, -0.1) is 0 Å². The first-order valence-corrected chi connectivity index (χ1v) is 8.19. The summed E-state index contributed by atoms with van der Waals surface area (Å²) in [5.41, 5.74) is -0.729. The van der Waals surface area contributed by atoms with E-state index in [4.69, 9.17) is 32.7 Å². The maximum absolute atomic E-state index is 11.6. The maximum atomic E-state index is 11.6. The van der Waals surface area contributed by atoms with Gasteiger partial charge in [-0.05, 0) is 49.7 Å².